The van der Waals surface area contributed by atoms with Gasteiger partial charge in [-0.05, 0) is 31.9 Å². The molecule has 0 aliphatic rings. The Kier molecular flexibility index (Phi) is 4.39. The minimum atomic E-state index is -0.356. The maximum Gasteiger partial charge on any atom is 0.226 e. The molecule has 2 rings (SSSR count). The number of amides is 1. The second-order valence-electron chi connectivity index (χ2n) is 5.31. The summed E-state index contributed by atoms with van der Waals surface area (Å²) in [6.07, 6.45) is 5.36. The monoisotopic (exact) mass is 275 g/mol. The molecule has 0 spiro atoms. The van der Waals surface area contributed by atoms with E-state index in [0.29, 0.717) is 6.42 Å². The van der Waals surface area contributed by atoms with Gasteiger partial charge in [0.25, 0.3) is 0 Å². The number of hydrogen-bond donors (Lipinski definition) is 2. The summed E-state index contributed by atoms with van der Waals surface area (Å²) in [5, 5.41) is 12.1. The van der Waals surface area contributed by atoms with Gasteiger partial charge in [0.05, 0.1) is 12.1 Å². The number of aliphatic hydroxyl groups excluding tert-OH is 1. The number of fused-ring (bicyclic) bond motifs is 1. The molecule has 108 valence electrons. The largest absolute Gasteiger partial charge is 0.396 e. The van der Waals surface area contributed by atoms with E-state index in [1.54, 1.807) is 0 Å². The average Bonchev–Trinajstić information content (AvgIpc) is 2.80. The van der Waals surface area contributed by atoms with E-state index in [4.69, 9.17) is 5.11 Å². The molecule has 2 aromatic rings. The smallest absolute Gasteiger partial charge is 0.226 e. The number of nitrogens with zero attached hydrogens (tertiary/aromatic N) is 2. The molecule has 0 fully saturated rings. The minimum absolute atomic E-state index is 0.0637. The first-order valence-corrected chi connectivity index (χ1v) is 6.91. The second kappa shape index (κ2) is 6.05. The SMILES string of the molecule is CCC(C)(CCO)NC(=O)Cc1cn2ccccc2n1. The summed E-state index contributed by atoms with van der Waals surface area (Å²) in [5.41, 5.74) is 1.23. The zero-order chi connectivity index (χ0) is 14.6. The maximum atomic E-state index is 12.1. The first kappa shape index (κ1) is 14.5. The van der Waals surface area contributed by atoms with Crippen molar-refractivity contribution in [1.82, 2.24) is 14.7 Å². The van der Waals surface area contributed by atoms with Crippen LogP contribution in [0.4, 0.5) is 0 Å². The van der Waals surface area contributed by atoms with Gasteiger partial charge < -0.3 is 14.8 Å². The van der Waals surface area contributed by atoms with Gasteiger partial charge in [0.15, 0.2) is 0 Å². The molecular formula is C15H21N3O2. The Morgan fingerprint density at radius 3 is 2.95 bits per heavy atom. The van der Waals surface area contributed by atoms with E-state index in [-0.39, 0.29) is 24.5 Å². The van der Waals surface area contributed by atoms with Crippen LogP contribution in [-0.4, -0.2) is 32.5 Å². The van der Waals surface area contributed by atoms with Crippen LogP contribution in [0.5, 0.6) is 0 Å². The number of aliphatic hydroxyl groups is 1. The lowest BCUT2D eigenvalue weighted by Gasteiger charge is -2.28. The van der Waals surface area contributed by atoms with Gasteiger partial charge >= 0.3 is 0 Å². The van der Waals surface area contributed by atoms with E-state index >= 15 is 0 Å². The van der Waals surface area contributed by atoms with Crippen LogP contribution in [0.3, 0.4) is 0 Å². The second-order valence-corrected chi connectivity index (χ2v) is 5.31. The van der Waals surface area contributed by atoms with Gasteiger partial charge in [-0.2, -0.15) is 0 Å². The van der Waals surface area contributed by atoms with Crippen LogP contribution in [0.1, 0.15) is 32.4 Å². The van der Waals surface area contributed by atoms with Crippen molar-refractivity contribution in [3.63, 3.8) is 0 Å². The van der Waals surface area contributed by atoms with Gasteiger partial charge in [0, 0.05) is 24.5 Å². The summed E-state index contributed by atoms with van der Waals surface area (Å²) in [5.74, 6) is -0.0637. The zero-order valence-electron chi connectivity index (χ0n) is 12.0. The summed E-state index contributed by atoms with van der Waals surface area (Å²) in [6.45, 7) is 4.02. The molecule has 1 unspecified atom stereocenters. The molecule has 0 saturated heterocycles. The topological polar surface area (TPSA) is 66.6 Å². The molecule has 2 N–H and O–H groups in total. The Morgan fingerprint density at radius 2 is 2.30 bits per heavy atom. The molecule has 0 aliphatic heterocycles. The minimum Gasteiger partial charge on any atom is -0.396 e. The van der Waals surface area contributed by atoms with E-state index in [0.717, 1.165) is 17.8 Å². The molecule has 1 amide bonds. The van der Waals surface area contributed by atoms with Crippen molar-refractivity contribution in [2.45, 2.75) is 38.6 Å². The molecular weight excluding hydrogens is 254 g/mol. The maximum absolute atomic E-state index is 12.1. The Hall–Kier alpha value is -1.88. The molecule has 20 heavy (non-hydrogen) atoms. The van der Waals surface area contributed by atoms with Crippen molar-refractivity contribution in [2.75, 3.05) is 6.61 Å². The number of carbonyl (C=O) groups excluding carboxylic acids is 1. The van der Waals surface area contributed by atoms with Crippen molar-refractivity contribution < 1.29 is 9.90 Å². The van der Waals surface area contributed by atoms with Gasteiger partial charge in [0.1, 0.15) is 5.65 Å². The molecule has 2 heterocycles. The lowest BCUT2D eigenvalue weighted by molar-refractivity contribution is -0.122. The van der Waals surface area contributed by atoms with Crippen LogP contribution in [0.2, 0.25) is 0 Å². The Morgan fingerprint density at radius 1 is 1.50 bits per heavy atom. The third-order valence-electron chi connectivity index (χ3n) is 3.64. The molecule has 1 atom stereocenters. The van der Waals surface area contributed by atoms with Crippen LogP contribution >= 0.6 is 0 Å². The van der Waals surface area contributed by atoms with Gasteiger partial charge in [-0.25, -0.2) is 4.98 Å². The Labute approximate surface area is 118 Å². The number of rotatable bonds is 6. The van der Waals surface area contributed by atoms with E-state index in [1.807, 2.05) is 48.8 Å². The lowest BCUT2D eigenvalue weighted by atomic mass is 9.94. The molecule has 0 radical (unpaired) electrons. The first-order valence-electron chi connectivity index (χ1n) is 6.91. The standard InChI is InChI=1S/C15H21N3O2/c1-3-15(2,7-9-19)17-14(20)10-12-11-18-8-5-4-6-13(18)16-12/h4-6,8,11,19H,3,7,9-10H2,1-2H3,(H,17,20). The van der Waals surface area contributed by atoms with E-state index in [2.05, 4.69) is 10.3 Å². The highest BCUT2D eigenvalue weighted by atomic mass is 16.3. The van der Waals surface area contributed by atoms with E-state index in [9.17, 15) is 4.79 Å². The number of hydrogen-bond acceptors (Lipinski definition) is 3. The van der Waals surface area contributed by atoms with E-state index in [1.165, 1.54) is 0 Å². The van der Waals surface area contributed by atoms with Gasteiger partial charge in [-0.1, -0.05) is 13.0 Å². The van der Waals surface area contributed by atoms with Crippen LogP contribution in [-0.2, 0) is 11.2 Å². The predicted octanol–water partition coefficient (Wildman–Crippen LogP) is 1.54. The third kappa shape index (κ3) is 3.36. The summed E-state index contributed by atoms with van der Waals surface area (Å²) in [4.78, 5) is 16.5. The molecule has 5 nitrogen and oxygen atoms in total. The number of aromatic nitrogens is 2. The summed E-state index contributed by atoms with van der Waals surface area (Å²) in [6, 6.07) is 5.75. The number of pyridine rings is 1. The lowest BCUT2D eigenvalue weighted by Crippen LogP contribution is -2.46. The molecule has 0 bridgehead atoms. The predicted molar refractivity (Wildman–Crippen MR) is 77.4 cm³/mol. The first-order chi connectivity index (χ1) is 9.56. The van der Waals surface area contributed by atoms with Crippen molar-refractivity contribution in [1.29, 1.82) is 0 Å². The summed E-state index contributed by atoms with van der Waals surface area (Å²) < 4.78 is 1.90. The zero-order valence-corrected chi connectivity index (χ0v) is 12.0. The Balaban J connectivity index is 2.03. The molecule has 0 saturated carbocycles. The summed E-state index contributed by atoms with van der Waals surface area (Å²) >= 11 is 0. The van der Waals surface area contributed by atoms with Crippen LogP contribution in [0.25, 0.3) is 5.65 Å². The Bertz CT molecular complexity index is 561. The van der Waals surface area contributed by atoms with Gasteiger partial charge in [0.2, 0.25) is 5.91 Å². The van der Waals surface area contributed by atoms with Crippen LogP contribution in [0.15, 0.2) is 30.6 Å². The number of nitrogens with one attached hydrogen (secondary N) is 1. The highest BCUT2D eigenvalue weighted by Gasteiger charge is 2.23. The quantitative estimate of drug-likeness (QED) is 0.840. The highest BCUT2D eigenvalue weighted by Crippen LogP contribution is 2.14. The average molecular weight is 275 g/mol. The molecule has 5 heteroatoms. The van der Waals surface area contributed by atoms with Crippen molar-refractivity contribution in [2.24, 2.45) is 0 Å². The third-order valence-corrected chi connectivity index (χ3v) is 3.64. The van der Waals surface area contributed by atoms with E-state index < -0.39 is 0 Å². The fourth-order valence-electron chi connectivity index (χ4n) is 2.19. The highest BCUT2D eigenvalue weighted by molar-refractivity contribution is 5.79. The fraction of sp³-hybridized carbons (Fsp3) is 0.467. The van der Waals surface area contributed by atoms with Crippen molar-refractivity contribution >= 4 is 11.6 Å². The van der Waals surface area contributed by atoms with Crippen molar-refractivity contribution in [3.8, 4) is 0 Å². The van der Waals surface area contributed by atoms with Crippen LogP contribution < -0.4 is 5.32 Å². The fourth-order valence-corrected chi connectivity index (χ4v) is 2.19. The van der Waals surface area contributed by atoms with Gasteiger partial charge in [-0.3, -0.25) is 4.79 Å². The number of carbonyl (C=O) groups is 1. The summed E-state index contributed by atoms with van der Waals surface area (Å²) in [7, 11) is 0. The molecule has 0 aliphatic carbocycles. The molecule has 0 aromatic carbocycles. The molecule has 2 aromatic heterocycles. The normalized spacial score (nSPS) is 14.2. The number of imidazole rings is 1. The van der Waals surface area contributed by atoms with Gasteiger partial charge in [-0.15, -0.1) is 0 Å². The van der Waals surface area contributed by atoms with Crippen LogP contribution in [0, 0.1) is 0 Å². The van der Waals surface area contributed by atoms with Crippen molar-refractivity contribution in [3.05, 3.63) is 36.3 Å².